The predicted octanol–water partition coefficient (Wildman–Crippen LogP) is 4.01. The topological polar surface area (TPSA) is 96.0 Å². The van der Waals surface area contributed by atoms with Gasteiger partial charge in [-0.25, -0.2) is 9.59 Å². The largest absolute Gasteiger partial charge is 0.427 e. The number of carbonyl (C=O) groups is 4. The second-order valence-corrected chi connectivity index (χ2v) is 7.10. The number of benzene rings is 2. The van der Waals surface area contributed by atoms with Gasteiger partial charge in [0.05, 0.1) is 17.2 Å². The molecule has 8 heteroatoms. The third kappa shape index (κ3) is 8.18. The van der Waals surface area contributed by atoms with Crippen molar-refractivity contribution in [2.75, 3.05) is 6.79 Å². The molecule has 0 spiro atoms. The Morgan fingerprint density at radius 3 is 2.14 bits per heavy atom. The predicted molar refractivity (Wildman–Crippen MR) is 107 cm³/mol. The second-order valence-electron chi connectivity index (χ2n) is 5.82. The van der Waals surface area contributed by atoms with Gasteiger partial charge in [0.15, 0.2) is 0 Å². The standard InChI is InChI=1S/C21H20O7S/c1-15(18(22)12-13-19(23)28-17-10-6-3-7-11-17)29-21(25)27-14-26-20(24)16-8-4-2-5-9-16/h2-11,15H,12-14H2,1H3. The summed E-state index contributed by atoms with van der Waals surface area (Å²) in [4.78, 5) is 47.3. The maximum Gasteiger partial charge on any atom is 0.370 e. The summed E-state index contributed by atoms with van der Waals surface area (Å²) in [6.07, 6.45) is -0.154. The molecule has 0 aliphatic carbocycles. The van der Waals surface area contributed by atoms with Crippen molar-refractivity contribution in [2.24, 2.45) is 0 Å². The second kappa shape index (κ2) is 11.7. The lowest BCUT2D eigenvalue weighted by Crippen LogP contribution is -2.19. The summed E-state index contributed by atoms with van der Waals surface area (Å²) in [5.41, 5.74) is 0.335. The zero-order chi connectivity index (χ0) is 21.1. The minimum absolute atomic E-state index is 0.0594. The summed E-state index contributed by atoms with van der Waals surface area (Å²) >= 11 is 0.657. The molecular weight excluding hydrogens is 396 g/mol. The number of carbonyl (C=O) groups excluding carboxylic acids is 4. The average Bonchev–Trinajstić information content (AvgIpc) is 2.73. The summed E-state index contributed by atoms with van der Waals surface area (Å²) in [6.45, 7) is 0.983. The fourth-order valence-electron chi connectivity index (χ4n) is 2.13. The Kier molecular flexibility index (Phi) is 8.91. The molecule has 0 aliphatic rings. The van der Waals surface area contributed by atoms with E-state index < -0.39 is 29.3 Å². The maximum atomic E-state index is 12.1. The van der Waals surface area contributed by atoms with Crippen LogP contribution >= 0.6 is 11.8 Å². The maximum absolute atomic E-state index is 12.1. The van der Waals surface area contributed by atoms with Gasteiger partial charge in [-0.3, -0.25) is 9.59 Å². The van der Waals surface area contributed by atoms with Crippen LogP contribution in [0, 0.1) is 0 Å². The lowest BCUT2D eigenvalue weighted by molar-refractivity contribution is -0.136. The monoisotopic (exact) mass is 416 g/mol. The molecule has 0 fully saturated rings. The number of para-hydroxylation sites is 1. The highest BCUT2D eigenvalue weighted by molar-refractivity contribution is 8.14. The van der Waals surface area contributed by atoms with Crippen LogP contribution in [0.4, 0.5) is 4.79 Å². The lowest BCUT2D eigenvalue weighted by Gasteiger charge is -2.10. The van der Waals surface area contributed by atoms with E-state index in [2.05, 4.69) is 0 Å². The first kappa shape index (κ1) is 22.2. The smallest absolute Gasteiger partial charge is 0.370 e. The van der Waals surface area contributed by atoms with E-state index in [1.165, 1.54) is 6.92 Å². The molecule has 0 aliphatic heterocycles. The van der Waals surface area contributed by atoms with E-state index in [1.54, 1.807) is 60.7 Å². The van der Waals surface area contributed by atoms with E-state index in [-0.39, 0.29) is 18.6 Å². The Bertz CT molecular complexity index is 837. The molecule has 0 saturated heterocycles. The molecule has 29 heavy (non-hydrogen) atoms. The Labute approximate surface area is 172 Å². The van der Waals surface area contributed by atoms with Gasteiger partial charge >= 0.3 is 17.2 Å². The van der Waals surface area contributed by atoms with Gasteiger partial charge in [-0.1, -0.05) is 36.4 Å². The fourth-order valence-corrected chi connectivity index (χ4v) is 2.79. The minimum Gasteiger partial charge on any atom is -0.427 e. The molecule has 2 rings (SSSR count). The Morgan fingerprint density at radius 2 is 1.48 bits per heavy atom. The molecular formula is C21H20O7S. The number of ether oxygens (including phenoxy) is 3. The first-order chi connectivity index (χ1) is 14.0. The van der Waals surface area contributed by atoms with Gasteiger partial charge in [0.2, 0.25) is 6.79 Å². The van der Waals surface area contributed by atoms with Crippen LogP contribution < -0.4 is 4.74 Å². The molecule has 0 heterocycles. The normalized spacial score (nSPS) is 11.2. The van der Waals surface area contributed by atoms with Gasteiger partial charge in [-0.2, -0.15) is 0 Å². The van der Waals surface area contributed by atoms with Crippen LogP contribution in [0.25, 0.3) is 0 Å². The van der Waals surface area contributed by atoms with E-state index in [0.29, 0.717) is 23.1 Å². The van der Waals surface area contributed by atoms with Crippen molar-refractivity contribution >= 4 is 34.8 Å². The number of hydrogen-bond acceptors (Lipinski definition) is 8. The molecule has 0 N–H and O–H groups in total. The van der Waals surface area contributed by atoms with Gasteiger partial charge in [0.25, 0.3) is 0 Å². The average molecular weight is 416 g/mol. The van der Waals surface area contributed by atoms with Gasteiger partial charge in [0, 0.05) is 6.42 Å². The first-order valence-corrected chi connectivity index (χ1v) is 9.67. The Balaban J connectivity index is 1.64. The summed E-state index contributed by atoms with van der Waals surface area (Å²) in [5, 5.41) is -1.46. The third-order valence-electron chi connectivity index (χ3n) is 3.65. The van der Waals surface area contributed by atoms with Crippen molar-refractivity contribution in [2.45, 2.75) is 25.0 Å². The molecule has 7 nitrogen and oxygen atoms in total. The third-order valence-corrected chi connectivity index (χ3v) is 4.58. The van der Waals surface area contributed by atoms with E-state index >= 15 is 0 Å². The van der Waals surface area contributed by atoms with Crippen LogP contribution in [0.2, 0.25) is 0 Å². The summed E-state index contributed by atoms with van der Waals surface area (Å²) in [7, 11) is 0. The number of thioether (sulfide) groups is 1. The fraction of sp³-hybridized carbons (Fsp3) is 0.238. The highest BCUT2D eigenvalue weighted by Crippen LogP contribution is 2.17. The van der Waals surface area contributed by atoms with Crippen LogP contribution in [-0.4, -0.2) is 35.1 Å². The zero-order valence-corrected chi connectivity index (χ0v) is 16.6. The molecule has 0 bridgehead atoms. The van der Waals surface area contributed by atoms with Crippen LogP contribution in [-0.2, 0) is 19.1 Å². The van der Waals surface area contributed by atoms with E-state index in [0.717, 1.165) is 0 Å². The molecule has 0 amide bonds. The van der Waals surface area contributed by atoms with Crippen molar-refractivity contribution in [3.05, 3.63) is 66.2 Å². The molecule has 0 radical (unpaired) electrons. The SMILES string of the molecule is CC(SC(=O)OCOC(=O)c1ccccc1)C(=O)CCC(=O)Oc1ccccc1. The van der Waals surface area contributed by atoms with Crippen molar-refractivity contribution in [1.82, 2.24) is 0 Å². The zero-order valence-electron chi connectivity index (χ0n) is 15.7. The van der Waals surface area contributed by atoms with Crippen LogP contribution in [0.5, 0.6) is 5.75 Å². The van der Waals surface area contributed by atoms with Gasteiger partial charge in [0.1, 0.15) is 11.5 Å². The number of esters is 2. The Hall–Kier alpha value is -3.13. The van der Waals surface area contributed by atoms with E-state index in [9.17, 15) is 19.2 Å². The van der Waals surface area contributed by atoms with Crippen LogP contribution in [0.1, 0.15) is 30.1 Å². The van der Waals surface area contributed by atoms with Crippen LogP contribution in [0.3, 0.4) is 0 Å². The minimum atomic E-state index is -0.751. The number of rotatable bonds is 9. The van der Waals surface area contributed by atoms with Gasteiger partial charge in [-0.15, -0.1) is 0 Å². The highest BCUT2D eigenvalue weighted by atomic mass is 32.2. The molecule has 1 unspecified atom stereocenters. The van der Waals surface area contributed by atoms with Crippen molar-refractivity contribution < 1.29 is 33.4 Å². The van der Waals surface area contributed by atoms with Crippen LogP contribution in [0.15, 0.2) is 60.7 Å². The lowest BCUT2D eigenvalue weighted by atomic mass is 10.2. The van der Waals surface area contributed by atoms with Crippen molar-refractivity contribution in [1.29, 1.82) is 0 Å². The summed E-state index contributed by atoms with van der Waals surface area (Å²) in [6, 6.07) is 16.8. The molecule has 152 valence electrons. The van der Waals surface area contributed by atoms with Crippen molar-refractivity contribution in [3.63, 3.8) is 0 Å². The van der Waals surface area contributed by atoms with E-state index in [1.807, 2.05) is 0 Å². The Morgan fingerprint density at radius 1 is 0.862 bits per heavy atom. The summed E-state index contributed by atoms with van der Waals surface area (Å²) in [5.74, 6) is -1.04. The first-order valence-electron chi connectivity index (χ1n) is 8.79. The molecule has 0 aromatic heterocycles. The number of ketones is 1. The number of Topliss-reactive ketones (excluding diaryl/α,β-unsaturated/α-hetero) is 1. The van der Waals surface area contributed by atoms with E-state index in [4.69, 9.17) is 14.2 Å². The van der Waals surface area contributed by atoms with Gasteiger partial charge in [-0.05, 0) is 43.0 Å². The highest BCUT2D eigenvalue weighted by Gasteiger charge is 2.20. The van der Waals surface area contributed by atoms with Gasteiger partial charge < -0.3 is 14.2 Å². The molecule has 2 aromatic carbocycles. The quantitative estimate of drug-likeness (QED) is 0.344. The summed E-state index contributed by atoms with van der Waals surface area (Å²) < 4.78 is 14.7. The van der Waals surface area contributed by atoms with Crippen molar-refractivity contribution in [3.8, 4) is 5.75 Å². The molecule has 0 saturated carbocycles. The molecule has 2 aromatic rings. The molecule has 1 atom stereocenters. The number of hydrogen-bond donors (Lipinski definition) is 0.